The lowest BCUT2D eigenvalue weighted by Gasteiger charge is -2.27. The fraction of sp³-hybridized carbons (Fsp3) is 0.348. The molecule has 1 aliphatic rings. The molecule has 36 heavy (non-hydrogen) atoms. The standard InChI is InChI=1S/C23H28FN9O3/c1-3-9-28-22(27-2)36-32-17-7-10-33(11-8-17)21-29-12-16(13-30-21)18-6-4-5-15(19(18)24)14-35-23(34)31-20(25)26/h4-6,9,12-13H,3,7-8,10-11,14H2,1-2H3,(H4,25,26,31,34). The highest BCUT2D eigenvalue weighted by atomic mass is 19.1. The largest absolute Gasteiger partial charge is 0.443 e. The molecule has 4 N–H and O–H groups in total. The summed E-state index contributed by atoms with van der Waals surface area (Å²) in [6, 6.07) is 4.95. The van der Waals surface area contributed by atoms with E-state index in [1.165, 1.54) is 6.07 Å². The summed E-state index contributed by atoms with van der Waals surface area (Å²) >= 11 is 0. The Balaban J connectivity index is 1.61. The van der Waals surface area contributed by atoms with Crippen LogP contribution in [0.25, 0.3) is 11.1 Å². The van der Waals surface area contributed by atoms with Gasteiger partial charge in [-0.25, -0.2) is 29.1 Å². The number of nitrogens with two attached hydrogens (primary N) is 2. The van der Waals surface area contributed by atoms with Crippen molar-refractivity contribution in [3.63, 3.8) is 0 Å². The topological polar surface area (TPSA) is 166 Å². The van der Waals surface area contributed by atoms with Crippen LogP contribution in [0.5, 0.6) is 0 Å². The van der Waals surface area contributed by atoms with Crippen LogP contribution in [0.2, 0.25) is 0 Å². The Bertz CT molecular complexity index is 1170. The lowest BCUT2D eigenvalue weighted by atomic mass is 10.1. The summed E-state index contributed by atoms with van der Waals surface area (Å²) in [7, 11) is 1.60. The number of aliphatic imine (C=N–C) groups is 3. The van der Waals surface area contributed by atoms with Crippen LogP contribution in [0, 0.1) is 5.82 Å². The summed E-state index contributed by atoms with van der Waals surface area (Å²) in [6.45, 7) is 2.96. The van der Waals surface area contributed by atoms with Crippen LogP contribution in [0.1, 0.15) is 31.7 Å². The van der Waals surface area contributed by atoms with Gasteiger partial charge < -0.3 is 25.9 Å². The molecule has 0 radical (unpaired) electrons. The number of aromatic nitrogens is 2. The van der Waals surface area contributed by atoms with Gasteiger partial charge in [0.15, 0.2) is 5.96 Å². The SMILES string of the molecule is CCC=NC(=NC)ON=C1CCN(c2ncc(-c3cccc(COC(=O)N=C(N)N)c3F)cn2)CC1. The van der Waals surface area contributed by atoms with Gasteiger partial charge in [-0.05, 0) is 6.42 Å². The Morgan fingerprint density at radius 2 is 1.94 bits per heavy atom. The average molecular weight is 498 g/mol. The van der Waals surface area contributed by atoms with E-state index in [1.54, 1.807) is 37.8 Å². The van der Waals surface area contributed by atoms with Crippen molar-refractivity contribution < 1.29 is 18.8 Å². The van der Waals surface area contributed by atoms with Crippen LogP contribution in [-0.2, 0) is 16.2 Å². The Kier molecular flexibility index (Phi) is 9.37. The van der Waals surface area contributed by atoms with E-state index < -0.39 is 17.9 Å². The van der Waals surface area contributed by atoms with Crippen LogP contribution in [0.15, 0.2) is 50.7 Å². The molecule has 13 heteroatoms. The predicted molar refractivity (Wildman–Crippen MR) is 136 cm³/mol. The molecule has 1 aromatic carbocycles. The molecule has 1 aliphatic heterocycles. The minimum atomic E-state index is -1.00. The maximum atomic E-state index is 15.0. The molecule has 190 valence electrons. The summed E-state index contributed by atoms with van der Waals surface area (Å²) < 4.78 is 19.9. The molecule has 1 amide bonds. The molecule has 0 atom stereocenters. The lowest BCUT2D eigenvalue weighted by molar-refractivity contribution is 0.149. The summed E-state index contributed by atoms with van der Waals surface area (Å²) in [4.78, 5) is 38.9. The molecule has 1 fully saturated rings. The van der Waals surface area contributed by atoms with Crippen molar-refractivity contribution in [3.05, 3.63) is 42.0 Å². The van der Waals surface area contributed by atoms with Gasteiger partial charge in [0.1, 0.15) is 12.4 Å². The number of nitrogens with zero attached hydrogens (tertiary/aromatic N) is 7. The maximum absolute atomic E-state index is 15.0. The van der Waals surface area contributed by atoms with Crippen molar-refractivity contribution in [3.8, 4) is 11.1 Å². The van der Waals surface area contributed by atoms with Crippen molar-refractivity contribution in [2.45, 2.75) is 32.8 Å². The first-order valence-corrected chi connectivity index (χ1v) is 11.2. The fourth-order valence-corrected chi connectivity index (χ4v) is 3.27. The number of amidine groups is 1. The van der Waals surface area contributed by atoms with Gasteiger partial charge in [0, 0.05) is 68.3 Å². The van der Waals surface area contributed by atoms with Crippen LogP contribution in [-0.4, -0.2) is 60.1 Å². The molecule has 1 saturated heterocycles. The van der Waals surface area contributed by atoms with Gasteiger partial charge in [-0.2, -0.15) is 0 Å². The van der Waals surface area contributed by atoms with Crippen molar-refractivity contribution in [2.75, 3.05) is 25.0 Å². The first kappa shape index (κ1) is 26.2. The number of hydrogen-bond acceptors (Lipinski definition) is 8. The first-order chi connectivity index (χ1) is 17.4. The van der Waals surface area contributed by atoms with Crippen LogP contribution < -0.4 is 16.4 Å². The molecule has 0 saturated carbocycles. The van der Waals surface area contributed by atoms with Gasteiger partial charge in [0.25, 0.3) is 0 Å². The number of rotatable bonds is 6. The number of carbonyl (C=O) groups excluding carboxylic acids is 1. The first-order valence-electron chi connectivity index (χ1n) is 11.2. The van der Waals surface area contributed by atoms with Gasteiger partial charge in [-0.1, -0.05) is 30.3 Å². The Labute approximate surface area is 207 Å². The number of oxime groups is 1. The molecule has 0 bridgehead atoms. The highest BCUT2D eigenvalue weighted by Crippen LogP contribution is 2.26. The van der Waals surface area contributed by atoms with Crippen LogP contribution in [0.3, 0.4) is 0 Å². The fourth-order valence-electron chi connectivity index (χ4n) is 3.27. The zero-order chi connectivity index (χ0) is 25.9. The van der Waals surface area contributed by atoms with Gasteiger partial charge in [-0.15, -0.1) is 4.99 Å². The minimum Gasteiger partial charge on any atom is -0.443 e. The molecule has 2 heterocycles. The lowest BCUT2D eigenvalue weighted by Crippen LogP contribution is -2.35. The minimum absolute atomic E-state index is 0.164. The molecule has 0 spiro atoms. The highest BCUT2D eigenvalue weighted by molar-refractivity contribution is 5.88. The van der Waals surface area contributed by atoms with E-state index in [2.05, 4.69) is 30.1 Å². The molecule has 3 rings (SSSR count). The number of ether oxygens (including phenoxy) is 1. The second-order valence-corrected chi connectivity index (χ2v) is 7.60. The van der Waals surface area contributed by atoms with E-state index in [0.29, 0.717) is 37.4 Å². The van der Waals surface area contributed by atoms with E-state index in [9.17, 15) is 4.79 Å². The summed E-state index contributed by atoms with van der Waals surface area (Å²) in [5.74, 6) is -0.456. The summed E-state index contributed by atoms with van der Waals surface area (Å²) in [5, 5.41) is 4.16. The third kappa shape index (κ3) is 7.29. The number of anilines is 1. The predicted octanol–water partition coefficient (Wildman–Crippen LogP) is 2.63. The smallest absolute Gasteiger partial charge is 0.437 e. The van der Waals surface area contributed by atoms with Crippen LogP contribution in [0.4, 0.5) is 15.1 Å². The molecule has 0 aliphatic carbocycles. The van der Waals surface area contributed by atoms with E-state index >= 15 is 4.39 Å². The number of halogens is 1. The number of amides is 1. The van der Waals surface area contributed by atoms with Crippen molar-refractivity contribution >= 4 is 35.9 Å². The monoisotopic (exact) mass is 497 g/mol. The molecule has 12 nitrogen and oxygen atoms in total. The second-order valence-electron chi connectivity index (χ2n) is 7.60. The third-order valence-electron chi connectivity index (χ3n) is 5.05. The maximum Gasteiger partial charge on any atom is 0.437 e. The van der Waals surface area contributed by atoms with Gasteiger partial charge in [0.05, 0.1) is 5.71 Å². The zero-order valence-electron chi connectivity index (χ0n) is 20.1. The average Bonchev–Trinajstić information content (AvgIpc) is 2.88. The van der Waals surface area contributed by atoms with Crippen molar-refractivity contribution in [1.29, 1.82) is 0 Å². The molecule has 2 aromatic rings. The molecular formula is C23H28FN9O3. The summed E-state index contributed by atoms with van der Waals surface area (Å²) in [6.07, 6.45) is 5.94. The number of guanidine groups is 1. The van der Waals surface area contributed by atoms with E-state index in [4.69, 9.17) is 21.0 Å². The Morgan fingerprint density at radius 3 is 2.58 bits per heavy atom. The van der Waals surface area contributed by atoms with E-state index in [1.807, 2.05) is 11.8 Å². The van der Waals surface area contributed by atoms with Crippen molar-refractivity contribution in [1.82, 2.24) is 9.97 Å². The number of piperidine rings is 1. The molecule has 0 unspecified atom stereocenters. The third-order valence-corrected chi connectivity index (χ3v) is 5.05. The number of hydrogen-bond donors (Lipinski definition) is 2. The van der Waals surface area contributed by atoms with Crippen LogP contribution >= 0.6 is 0 Å². The molecular weight excluding hydrogens is 469 g/mol. The van der Waals surface area contributed by atoms with Gasteiger partial charge in [-0.3, -0.25) is 0 Å². The quantitative estimate of drug-likeness (QED) is 0.349. The van der Waals surface area contributed by atoms with Gasteiger partial charge >= 0.3 is 12.1 Å². The number of carbonyl (C=O) groups is 1. The normalized spacial score (nSPS) is 14.0. The number of benzene rings is 1. The highest BCUT2D eigenvalue weighted by Gasteiger charge is 2.19. The van der Waals surface area contributed by atoms with E-state index in [0.717, 1.165) is 12.1 Å². The van der Waals surface area contributed by atoms with Crippen molar-refractivity contribution in [2.24, 2.45) is 31.6 Å². The summed E-state index contributed by atoms with van der Waals surface area (Å²) in [5.41, 5.74) is 12.1. The Hall–Kier alpha value is -4.42. The molecule has 1 aromatic heterocycles. The zero-order valence-corrected chi connectivity index (χ0v) is 20.1. The second kappa shape index (κ2) is 12.9. The van der Waals surface area contributed by atoms with Gasteiger partial charge in [0.2, 0.25) is 5.95 Å². The van der Waals surface area contributed by atoms with E-state index in [-0.39, 0.29) is 23.8 Å². The Morgan fingerprint density at radius 1 is 1.22 bits per heavy atom.